The summed E-state index contributed by atoms with van der Waals surface area (Å²) in [7, 11) is 0. The predicted octanol–water partition coefficient (Wildman–Crippen LogP) is 0.994. The first kappa shape index (κ1) is 12.7. The topological polar surface area (TPSA) is 79.4 Å². The summed E-state index contributed by atoms with van der Waals surface area (Å²) in [5, 5.41) is 3.97. The van der Waals surface area contributed by atoms with Gasteiger partial charge in [0.25, 0.3) is 0 Å². The Labute approximate surface area is 108 Å². The first-order chi connectivity index (χ1) is 8.50. The van der Waals surface area contributed by atoms with Crippen LogP contribution in [0.3, 0.4) is 0 Å². The van der Waals surface area contributed by atoms with Crippen LogP contribution in [0, 0.1) is 11.8 Å². The molecule has 1 atom stereocenters. The van der Waals surface area contributed by atoms with Crippen LogP contribution < -0.4 is 5.32 Å². The number of imide groups is 2. The Balaban J connectivity index is 2.21. The van der Waals surface area contributed by atoms with Gasteiger partial charge in [0.1, 0.15) is 5.92 Å². The molecule has 0 bridgehead atoms. The molecule has 96 valence electrons. The molecule has 0 aromatic carbocycles. The zero-order chi connectivity index (χ0) is 13.3. The maximum Gasteiger partial charge on any atom is 0.331 e. The summed E-state index contributed by atoms with van der Waals surface area (Å²) in [5.41, 5.74) is 2.27. The third kappa shape index (κ3) is 2.26. The van der Waals surface area contributed by atoms with Crippen LogP contribution in [-0.4, -0.2) is 27.7 Å². The lowest BCUT2D eigenvalue weighted by Crippen LogP contribution is -2.58. The average molecular weight is 267 g/mol. The molecule has 1 aliphatic heterocycles. The van der Waals surface area contributed by atoms with Crippen molar-refractivity contribution in [3.05, 3.63) is 16.6 Å². The van der Waals surface area contributed by atoms with Crippen LogP contribution in [0.4, 0.5) is 4.79 Å². The van der Waals surface area contributed by atoms with E-state index in [9.17, 15) is 14.4 Å². The molecule has 0 radical (unpaired) electrons. The minimum atomic E-state index is -0.804. The summed E-state index contributed by atoms with van der Waals surface area (Å²) in [5.74, 6) is -1.92. The van der Waals surface area contributed by atoms with Gasteiger partial charge in [-0.15, -0.1) is 11.3 Å². The average Bonchev–Trinajstić information content (AvgIpc) is 2.75. The maximum absolute atomic E-state index is 12.1. The van der Waals surface area contributed by atoms with Gasteiger partial charge in [0, 0.05) is 5.38 Å². The second kappa shape index (κ2) is 4.85. The minimum Gasteiger partial charge on any atom is -0.277 e. The third-order valence-corrected chi connectivity index (χ3v) is 3.40. The molecule has 7 heteroatoms. The smallest absolute Gasteiger partial charge is 0.277 e. The lowest BCUT2D eigenvalue weighted by molar-refractivity contribution is -0.144. The van der Waals surface area contributed by atoms with E-state index in [0.29, 0.717) is 5.69 Å². The van der Waals surface area contributed by atoms with Gasteiger partial charge in [-0.2, -0.15) is 0 Å². The number of carbonyl (C=O) groups excluding carboxylic acids is 3. The van der Waals surface area contributed by atoms with Crippen molar-refractivity contribution in [2.75, 3.05) is 0 Å². The molecular formula is C11H13N3O3S. The summed E-state index contributed by atoms with van der Waals surface area (Å²) >= 11 is 1.39. The minimum absolute atomic E-state index is 0.102. The molecule has 18 heavy (non-hydrogen) atoms. The van der Waals surface area contributed by atoms with Crippen molar-refractivity contribution in [1.82, 2.24) is 15.2 Å². The van der Waals surface area contributed by atoms with Crippen LogP contribution in [-0.2, 0) is 16.1 Å². The summed E-state index contributed by atoms with van der Waals surface area (Å²) in [6.45, 7) is 3.66. The highest BCUT2D eigenvalue weighted by Crippen LogP contribution is 2.20. The van der Waals surface area contributed by atoms with Crippen molar-refractivity contribution in [1.29, 1.82) is 0 Å². The Morgan fingerprint density at radius 1 is 1.44 bits per heavy atom. The van der Waals surface area contributed by atoms with E-state index in [0.717, 1.165) is 4.90 Å². The van der Waals surface area contributed by atoms with Gasteiger partial charge in [0.15, 0.2) is 0 Å². The van der Waals surface area contributed by atoms with Gasteiger partial charge < -0.3 is 0 Å². The normalized spacial score (nSPS) is 20.5. The zero-order valence-corrected chi connectivity index (χ0v) is 10.9. The molecule has 1 fully saturated rings. The molecule has 2 rings (SSSR count). The quantitative estimate of drug-likeness (QED) is 0.828. The summed E-state index contributed by atoms with van der Waals surface area (Å²) in [4.78, 5) is 40.5. The fraction of sp³-hybridized carbons (Fsp3) is 0.455. The van der Waals surface area contributed by atoms with Crippen molar-refractivity contribution in [3.8, 4) is 0 Å². The number of amides is 4. The van der Waals surface area contributed by atoms with Crippen molar-refractivity contribution < 1.29 is 14.4 Å². The summed E-state index contributed by atoms with van der Waals surface area (Å²) in [6.07, 6.45) is 0. The van der Waals surface area contributed by atoms with Crippen molar-refractivity contribution in [2.45, 2.75) is 20.4 Å². The number of carbonyl (C=O) groups is 3. The molecule has 0 saturated carbocycles. The lowest BCUT2D eigenvalue weighted by Gasteiger charge is -2.31. The number of aromatic nitrogens is 1. The first-order valence-electron chi connectivity index (χ1n) is 5.54. The van der Waals surface area contributed by atoms with E-state index < -0.39 is 23.8 Å². The molecule has 4 amide bonds. The fourth-order valence-corrected chi connectivity index (χ4v) is 2.40. The molecule has 1 aromatic heterocycles. The highest BCUT2D eigenvalue weighted by atomic mass is 32.1. The van der Waals surface area contributed by atoms with E-state index in [-0.39, 0.29) is 12.5 Å². The standard InChI is InChI=1S/C11H13N3O3S/c1-6(2)8-9(15)13-11(17)14(10(8)16)3-7-4-18-5-12-7/h4-6,8H,3H2,1-2H3,(H,13,15,17). The number of urea groups is 1. The predicted molar refractivity (Wildman–Crippen MR) is 64.5 cm³/mol. The fourth-order valence-electron chi connectivity index (χ4n) is 1.85. The monoisotopic (exact) mass is 267 g/mol. The van der Waals surface area contributed by atoms with Crippen LogP contribution in [0.5, 0.6) is 0 Å². The highest BCUT2D eigenvalue weighted by molar-refractivity contribution is 7.07. The SMILES string of the molecule is CC(C)C1C(=O)NC(=O)N(Cc2cscn2)C1=O. The van der Waals surface area contributed by atoms with E-state index in [1.165, 1.54) is 11.3 Å². The maximum atomic E-state index is 12.1. The second-order valence-electron chi connectivity index (χ2n) is 4.42. The van der Waals surface area contributed by atoms with Gasteiger partial charge >= 0.3 is 6.03 Å². The summed E-state index contributed by atoms with van der Waals surface area (Å²) < 4.78 is 0. The highest BCUT2D eigenvalue weighted by Gasteiger charge is 2.42. The van der Waals surface area contributed by atoms with Crippen molar-refractivity contribution in [3.63, 3.8) is 0 Å². The van der Waals surface area contributed by atoms with E-state index in [1.807, 2.05) is 0 Å². The van der Waals surface area contributed by atoms with Crippen molar-refractivity contribution >= 4 is 29.2 Å². The van der Waals surface area contributed by atoms with Gasteiger partial charge in [0.05, 0.1) is 17.7 Å². The molecule has 6 nitrogen and oxygen atoms in total. The van der Waals surface area contributed by atoms with Crippen LogP contribution >= 0.6 is 11.3 Å². The number of hydrogen-bond donors (Lipinski definition) is 1. The van der Waals surface area contributed by atoms with E-state index in [4.69, 9.17) is 0 Å². The van der Waals surface area contributed by atoms with Gasteiger partial charge in [-0.05, 0) is 5.92 Å². The Hall–Kier alpha value is -1.76. The Morgan fingerprint density at radius 3 is 2.72 bits per heavy atom. The molecule has 1 aromatic rings. The van der Waals surface area contributed by atoms with Crippen LogP contribution in [0.1, 0.15) is 19.5 Å². The van der Waals surface area contributed by atoms with Crippen LogP contribution in [0.15, 0.2) is 10.9 Å². The molecule has 1 unspecified atom stereocenters. The second-order valence-corrected chi connectivity index (χ2v) is 5.14. The lowest BCUT2D eigenvalue weighted by atomic mass is 9.92. The molecule has 0 aliphatic carbocycles. The van der Waals surface area contributed by atoms with E-state index >= 15 is 0 Å². The Kier molecular flexibility index (Phi) is 3.42. The molecule has 2 heterocycles. The number of nitrogens with zero attached hydrogens (tertiary/aromatic N) is 2. The number of barbiturate groups is 1. The van der Waals surface area contributed by atoms with Crippen LogP contribution in [0.25, 0.3) is 0 Å². The van der Waals surface area contributed by atoms with Gasteiger partial charge in [0.2, 0.25) is 11.8 Å². The number of rotatable bonds is 3. The third-order valence-electron chi connectivity index (χ3n) is 2.76. The molecule has 0 spiro atoms. The number of nitrogens with one attached hydrogen (secondary N) is 1. The van der Waals surface area contributed by atoms with Gasteiger partial charge in [-0.25, -0.2) is 9.78 Å². The zero-order valence-electron chi connectivity index (χ0n) is 10.0. The number of hydrogen-bond acceptors (Lipinski definition) is 5. The molecule has 1 N–H and O–H groups in total. The molecular weight excluding hydrogens is 254 g/mol. The largest absolute Gasteiger partial charge is 0.331 e. The Bertz CT molecular complexity index is 484. The van der Waals surface area contributed by atoms with Gasteiger partial charge in [-0.3, -0.25) is 19.8 Å². The van der Waals surface area contributed by atoms with Crippen molar-refractivity contribution in [2.24, 2.45) is 11.8 Å². The van der Waals surface area contributed by atoms with E-state index in [2.05, 4.69) is 10.3 Å². The summed E-state index contributed by atoms with van der Waals surface area (Å²) in [6, 6.07) is -0.671. The first-order valence-corrected chi connectivity index (χ1v) is 6.48. The molecule has 1 saturated heterocycles. The van der Waals surface area contributed by atoms with Gasteiger partial charge in [-0.1, -0.05) is 13.8 Å². The number of thiazole rings is 1. The van der Waals surface area contributed by atoms with Crippen LogP contribution in [0.2, 0.25) is 0 Å². The molecule has 1 aliphatic rings. The Morgan fingerprint density at radius 2 is 2.17 bits per heavy atom. The van der Waals surface area contributed by atoms with E-state index in [1.54, 1.807) is 24.7 Å².